The van der Waals surface area contributed by atoms with Gasteiger partial charge < -0.3 is 0 Å². The fourth-order valence-corrected chi connectivity index (χ4v) is 1.23. The van der Waals surface area contributed by atoms with Crippen molar-refractivity contribution in [1.82, 2.24) is 5.01 Å². The van der Waals surface area contributed by atoms with Gasteiger partial charge in [0.2, 0.25) is 0 Å². The summed E-state index contributed by atoms with van der Waals surface area (Å²) in [5.74, 6) is 0. The molecule has 0 bridgehead atoms. The van der Waals surface area contributed by atoms with Crippen molar-refractivity contribution in [2.24, 2.45) is 5.10 Å². The Bertz CT molecular complexity index is 234. The maximum atomic E-state index is 13.3. The Morgan fingerprint density at radius 3 is 2.77 bits per heavy atom. The lowest BCUT2D eigenvalue weighted by Crippen LogP contribution is -2.41. The number of hydrogen-bond acceptors (Lipinski definition) is 2. The van der Waals surface area contributed by atoms with Crippen molar-refractivity contribution in [3.8, 4) is 0 Å². The van der Waals surface area contributed by atoms with Gasteiger partial charge in [0, 0.05) is 18.7 Å². The van der Waals surface area contributed by atoms with Gasteiger partial charge in [-0.25, -0.2) is 5.01 Å². The van der Waals surface area contributed by atoms with Crippen molar-refractivity contribution in [2.45, 2.75) is 38.8 Å². The molecule has 0 fully saturated rings. The number of hydrazone groups is 1. The highest BCUT2D eigenvalue weighted by Crippen LogP contribution is 2.30. The van der Waals surface area contributed by atoms with E-state index in [1.165, 1.54) is 6.21 Å². The summed E-state index contributed by atoms with van der Waals surface area (Å²) >= 11 is 0. The topological polar surface area (TPSA) is 15.6 Å². The molecule has 0 N–H and O–H groups in total. The molecule has 0 aromatic rings. The van der Waals surface area contributed by atoms with E-state index < -0.39 is 6.05 Å². The van der Waals surface area contributed by atoms with Gasteiger partial charge in [0.1, 0.15) is 0 Å². The van der Waals surface area contributed by atoms with Gasteiger partial charge in [-0.15, -0.1) is 0 Å². The number of rotatable bonds is 1. The Kier molecular flexibility index (Phi) is 2.68. The summed E-state index contributed by atoms with van der Waals surface area (Å²) in [6.07, 6.45) is 1.52. The van der Waals surface area contributed by atoms with E-state index in [1.54, 1.807) is 13.8 Å². The number of nitrogens with zero attached hydrogens (tertiary/aromatic N) is 2. The minimum atomic E-state index is -2.84. The normalized spacial score (nSPS) is 22.2. The monoisotopic (exact) mass is 188 g/mol. The number of alkyl halides is 2. The van der Waals surface area contributed by atoms with E-state index in [4.69, 9.17) is 0 Å². The largest absolute Gasteiger partial charge is 0.340 e. The van der Waals surface area contributed by atoms with E-state index in [2.05, 4.69) is 11.7 Å². The van der Waals surface area contributed by atoms with E-state index in [-0.39, 0.29) is 12.5 Å². The van der Waals surface area contributed by atoms with Crippen LogP contribution >= 0.6 is 0 Å². The van der Waals surface area contributed by atoms with Gasteiger partial charge in [-0.05, 0) is 25.8 Å². The van der Waals surface area contributed by atoms with Crippen LogP contribution in [0.4, 0.5) is 8.78 Å². The second-order valence-corrected chi connectivity index (χ2v) is 3.51. The smallest absolute Gasteiger partial charge is 0.232 e. The Morgan fingerprint density at radius 1 is 1.62 bits per heavy atom. The summed E-state index contributed by atoms with van der Waals surface area (Å²) in [7, 11) is 0. The lowest BCUT2D eigenvalue weighted by Gasteiger charge is -2.30. The fraction of sp³-hybridized carbons (Fsp3) is 0.667. The molecule has 0 amide bonds. The highest BCUT2D eigenvalue weighted by molar-refractivity contribution is 5.77. The first kappa shape index (κ1) is 10.2. The number of halogens is 2. The number of allylic oxidation sites excluding steroid dienone is 1. The molecular formula is C9H14F2N2. The van der Waals surface area contributed by atoms with Crippen LogP contribution in [0.1, 0.15) is 26.7 Å². The third kappa shape index (κ3) is 2.26. The highest BCUT2D eigenvalue weighted by Gasteiger charge is 2.38. The Hall–Kier alpha value is -0.930. The van der Waals surface area contributed by atoms with Crippen LogP contribution in [0.5, 0.6) is 0 Å². The summed E-state index contributed by atoms with van der Waals surface area (Å²) < 4.78 is 26.6. The van der Waals surface area contributed by atoms with Crippen LogP contribution in [0.2, 0.25) is 0 Å². The third-order valence-electron chi connectivity index (χ3n) is 1.94. The average Bonchev–Trinajstić information content (AvgIpc) is 2.11. The Balaban J connectivity index is 2.87. The second-order valence-electron chi connectivity index (χ2n) is 3.51. The van der Waals surface area contributed by atoms with Gasteiger partial charge >= 0.3 is 6.05 Å². The molecule has 4 heteroatoms. The van der Waals surface area contributed by atoms with Crippen molar-refractivity contribution < 1.29 is 8.78 Å². The van der Waals surface area contributed by atoms with Crippen LogP contribution in [-0.2, 0) is 0 Å². The van der Waals surface area contributed by atoms with Crippen molar-refractivity contribution in [2.75, 3.05) is 0 Å². The summed E-state index contributed by atoms with van der Waals surface area (Å²) in [6.45, 7) is 7.01. The van der Waals surface area contributed by atoms with Gasteiger partial charge in [-0.1, -0.05) is 6.58 Å². The molecule has 0 aromatic heterocycles. The van der Waals surface area contributed by atoms with Crippen molar-refractivity contribution in [3.05, 3.63) is 12.2 Å². The summed E-state index contributed by atoms with van der Waals surface area (Å²) in [5, 5.41) is 4.55. The first-order valence-electron chi connectivity index (χ1n) is 4.32. The van der Waals surface area contributed by atoms with Gasteiger partial charge in [0.25, 0.3) is 0 Å². The molecule has 0 saturated heterocycles. The van der Waals surface area contributed by atoms with E-state index >= 15 is 0 Å². The van der Waals surface area contributed by atoms with Crippen LogP contribution in [-0.4, -0.2) is 23.3 Å². The fourth-order valence-electron chi connectivity index (χ4n) is 1.23. The van der Waals surface area contributed by atoms with Crippen LogP contribution in [0.25, 0.3) is 0 Å². The van der Waals surface area contributed by atoms with Crippen molar-refractivity contribution in [3.63, 3.8) is 0 Å². The van der Waals surface area contributed by atoms with Crippen LogP contribution < -0.4 is 0 Å². The molecule has 1 aliphatic heterocycles. The standard InChI is InChI=1S/C9H14F2N2/c1-7(2)13-9(10,11)5-4-8(3)6-12-13/h6-7H,3-5H2,1-2H3. The molecule has 1 aliphatic rings. The molecule has 0 spiro atoms. The average molecular weight is 188 g/mol. The lowest BCUT2D eigenvalue weighted by molar-refractivity contribution is -0.162. The zero-order valence-electron chi connectivity index (χ0n) is 7.93. The maximum Gasteiger partial charge on any atom is 0.340 e. The molecule has 0 unspecified atom stereocenters. The molecule has 0 aromatic carbocycles. The molecular weight excluding hydrogens is 174 g/mol. The lowest BCUT2D eigenvalue weighted by atomic mass is 10.1. The number of hydrogen-bond donors (Lipinski definition) is 0. The molecule has 0 radical (unpaired) electrons. The van der Waals surface area contributed by atoms with Gasteiger partial charge in [-0.2, -0.15) is 13.9 Å². The minimum absolute atomic E-state index is 0.204. The first-order chi connectivity index (χ1) is 5.93. The second kappa shape index (κ2) is 3.44. The van der Waals surface area contributed by atoms with Crippen molar-refractivity contribution >= 4 is 6.21 Å². The van der Waals surface area contributed by atoms with Crippen LogP contribution in [0.15, 0.2) is 17.3 Å². The molecule has 1 heterocycles. The molecule has 13 heavy (non-hydrogen) atoms. The molecule has 2 nitrogen and oxygen atoms in total. The molecule has 0 aliphatic carbocycles. The summed E-state index contributed by atoms with van der Waals surface area (Å²) in [5.41, 5.74) is 0.655. The maximum absolute atomic E-state index is 13.3. The zero-order chi connectivity index (χ0) is 10.1. The molecule has 0 saturated carbocycles. The summed E-state index contributed by atoms with van der Waals surface area (Å²) in [6, 6.07) is -3.14. The van der Waals surface area contributed by atoms with Crippen LogP contribution in [0, 0.1) is 0 Å². The van der Waals surface area contributed by atoms with E-state index in [9.17, 15) is 8.78 Å². The van der Waals surface area contributed by atoms with E-state index in [1.807, 2.05) is 0 Å². The SMILES string of the molecule is C=C1C=NN(C(C)C)C(F)(F)CC1. The first-order valence-corrected chi connectivity index (χ1v) is 4.32. The predicted octanol–water partition coefficient (Wildman–Crippen LogP) is 2.63. The Labute approximate surface area is 76.9 Å². The summed E-state index contributed by atoms with van der Waals surface area (Å²) in [4.78, 5) is 0. The van der Waals surface area contributed by atoms with Gasteiger partial charge in [-0.3, -0.25) is 0 Å². The minimum Gasteiger partial charge on any atom is -0.232 e. The molecule has 74 valence electrons. The predicted molar refractivity (Wildman–Crippen MR) is 48.8 cm³/mol. The van der Waals surface area contributed by atoms with Crippen molar-refractivity contribution in [1.29, 1.82) is 0 Å². The van der Waals surface area contributed by atoms with Crippen LogP contribution in [0.3, 0.4) is 0 Å². The molecule has 0 atom stereocenters. The van der Waals surface area contributed by atoms with Gasteiger partial charge in [0.05, 0.1) is 0 Å². The third-order valence-corrected chi connectivity index (χ3v) is 1.94. The van der Waals surface area contributed by atoms with E-state index in [0.29, 0.717) is 12.0 Å². The van der Waals surface area contributed by atoms with E-state index in [0.717, 1.165) is 5.01 Å². The molecule has 1 rings (SSSR count). The zero-order valence-corrected chi connectivity index (χ0v) is 7.93. The quantitative estimate of drug-likeness (QED) is 0.577. The van der Waals surface area contributed by atoms with Gasteiger partial charge in [0.15, 0.2) is 0 Å². The highest BCUT2D eigenvalue weighted by atomic mass is 19.3. The Morgan fingerprint density at radius 2 is 2.23 bits per heavy atom.